The SMILES string of the molecule is CCOC(=O)c1c(-c2ccc(Br)cc2F)[nH]c2c1cc(O)c1ccccc12. The summed E-state index contributed by atoms with van der Waals surface area (Å²) < 4.78 is 20.4. The number of fused-ring (bicyclic) bond motifs is 3. The van der Waals surface area contributed by atoms with Crippen molar-refractivity contribution < 1.29 is 19.0 Å². The van der Waals surface area contributed by atoms with E-state index in [-0.39, 0.29) is 23.5 Å². The summed E-state index contributed by atoms with van der Waals surface area (Å²) in [5.74, 6) is -1.00. The van der Waals surface area contributed by atoms with E-state index in [0.29, 0.717) is 26.5 Å². The number of benzene rings is 3. The number of aromatic hydroxyl groups is 1. The Morgan fingerprint density at radius 3 is 2.59 bits per heavy atom. The number of carbonyl (C=O) groups is 1. The summed E-state index contributed by atoms with van der Waals surface area (Å²) in [5, 5.41) is 12.3. The minimum absolute atomic E-state index is 0.0467. The van der Waals surface area contributed by atoms with Crippen molar-refractivity contribution >= 4 is 43.6 Å². The molecule has 0 fully saturated rings. The molecule has 136 valence electrons. The number of carbonyl (C=O) groups excluding carboxylic acids is 1. The van der Waals surface area contributed by atoms with Crippen molar-refractivity contribution in [3.63, 3.8) is 0 Å². The highest BCUT2D eigenvalue weighted by Gasteiger charge is 2.24. The van der Waals surface area contributed by atoms with Crippen molar-refractivity contribution in [3.05, 3.63) is 64.4 Å². The molecular formula is C21H15BrFNO3. The van der Waals surface area contributed by atoms with Crippen molar-refractivity contribution in [1.29, 1.82) is 0 Å². The average Bonchev–Trinajstić information content (AvgIpc) is 3.01. The Labute approximate surface area is 162 Å². The van der Waals surface area contributed by atoms with Gasteiger partial charge in [-0.05, 0) is 31.2 Å². The molecule has 0 aliphatic heterocycles. The smallest absolute Gasteiger partial charge is 0.340 e. The van der Waals surface area contributed by atoms with Gasteiger partial charge in [-0.1, -0.05) is 40.2 Å². The average molecular weight is 428 g/mol. The highest BCUT2D eigenvalue weighted by atomic mass is 79.9. The van der Waals surface area contributed by atoms with Crippen LogP contribution in [0.5, 0.6) is 5.75 Å². The predicted molar refractivity (Wildman–Crippen MR) is 107 cm³/mol. The molecule has 0 spiro atoms. The quantitative estimate of drug-likeness (QED) is 0.407. The number of hydrogen-bond acceptors (Lipinski definition) is 3. The van der Waals surface area contributed by atoms with E-state index < -0.39 is 11.8 Å². The second-order valence-electron chi connectivity index (χ2n) is 6.08. The maximum absolute atomic E-state index is 14.6. The first-order valence-corrected chi connectivity index (χ1v) is 9.19. The van der Waals surface area contributed by atoms with Crippen LogP contribution >= 0.6 is 15.9 Å². The molecular weight excluding hydrogens is 413 g/mol. The number of phenols is 1. The van der Waals surface area contributed by atoms with Gasteiger partial charge in [-0.3, -0.25) is 0 Å². The Hall–Kier alpha value is -2.86. The van der Waals surface area contributed by atoms with Crippen LogP contribution in [0.3, 0.4) is 0 Å². The van der Waals surface area contributed by atoms with Gasteiger partial charge in [0.15, 0.2) is 0 Å². The van der Waals surface area contributed by atoms with E-state index in [1.54, 1.807) is 25.1 Å². The van der Waals surface area contributed by atoms with Gasteiger partial charge in [-0.25, -0.2) is 9.18 Å². The summed E-state index contributed by atoms with van der Waals surface area (Å²) in [5.41, 5.74) is 1.42. The molecule has 6 heteroatoms. The molecule has 0 bridgehead atoms. The van der Waals surface area contributed by atoms with E-state index in [0.717, 1.165) is 5.39 Å². The number of rotatable bonds is 3. The number of aromatic amines is 1. The zero-order valence-corrected chi connectivity index (χ0v) is 15.9. The van der Waals surface area contributed by atoms with Crippen LogP contribution in [0.4, 0.5) is 4.39 Å². The molecule has 2 N–H and O–H groups in total. The lowest BCUT2D eigenvalue weighted by molar-refractivity contribution is 0.0529. The first kappa shape index (κ1) is 17.5. The number of phenolic OH excluding ortho intramolecular Hbond substituents is 1. The van der Waals surface area contributed by atoms with E-state index in [2.05, 4.69) is 20.9 Å². The molecule has 0 saturated heterocycles. The van der Waals surface area contributed by atoms with Crippen LogP contribution in [-0.2, 0) is 4.74 Å². The van der Waals surface area contributed by atoms with E-state index >= 15 is 0 Å². The molecule has 0 atom stereocenters. The summed E-state index contributed by atoms with van der Waals surface area (Å²) >= 11 is 3.24. The second-order valence-corrected chi connectivity index (χ2v) is 7.00. The van der Waals surface area contributed by atoms with E-state index in [9.17, 15) is 14.3 Å². The highest BCUT2D eigenvalue weighted by molar-refractivity contribution is 9.10. The Kier molecular flexibility index (Phi) is 4.36. The van der Waals surface area contributed by atoms with E-state index in [1.165, 1.54) is 12.1 Å². The standard InChI is InChI=1S/C21H15BrFNO3/c1-2-27-21(26)18-15-10-17(25)12-5-3-4-6-13(12)19(15)24-20(18)14-8-7-11(22)9-16(14)23/h3-10,24-25H,2H2,1H3. The van der Waals surface area contributed by atoms with Crippen LogP contribution in [0.15, 0.2) is 53.0 Å². The van der Waals surface area contributed by atoms with Gasteiger partial charge in [0.25, 0.3) is 0 Å². The molecule has 4 aromatic rings. The van der Waals surface area contributed by atoms with Crippen LogP contribution < -0.4 is 0 Å². The van der Waals surface area contributed by atoms with Gasteiger partial charge in [0.2, 0.25) is 0 Å². The van der Waals surface area contributed by atoms with Crippen LogP contribution in [-0.4, -0.2) is 22.7 Å². The molecule has 27 heavy (non-hydrogen) atoms. The lowest BCUT2D eigenvalue weighted by Crippen LogP contribution is -2.06. The van der Waals surface area contributed by atoms with Gasteiger partial charge in [0, 0.05) is 26.2 Å². The molecule has 0 saturated carbocycles. The topological polar surface area (TPSA) is 62.3 Å². The molecule has 0 radical (unpaired) electrons. The lowest BCUT2D eigenvalue weighted by atomic mass is 10.0. The Balaban J connectivity index is 2.12. The summed E-state index contributed by atoms with van der Waals surface area (Å²) in [6.45, 7) is 1.90. The van der Waals surface area contributed by atoms with E-state index in [1.807, 2.05) is 18.2 Å². The number of ether oxygens (including phenoxy) is 1. The van der Waals surface area contributed by atoms with E-state index in [4.69, 9.17) is 4.74 Å². The zero-order valence-electron chi connectivity index (χ0n) is 14.3. The maximum atomic E-state index is 14.6. The number of nitrogens with one attached hydrogen (secondary N) is 1. The van der Waals surface area contributed by atoms with Crippen molar-refractivity contribution in [1.82, 2.24) is 4.98 Å². The highest BCUT2D eigenvalue weighted by Crippen LogP contribution is 2.39. The molecule has 3 aromatic carbocycles. The van der Waals surface area contributed by atoms with Crippen molar-refractivity contribution in [2.75, 3.05) is 6.61 Å². The van der Waals surface area contributed by atoms with Crippen LogP contribution in [0.2, 0.25) is 0 Å². The number of esters is 1. The van der Waals surface area contributed by atoms with Crippen molar-refractivity contribution in [3.8, 4) is 17.0 Å². The summed E-state index contributed by atoms with van der Waals surface area (Å²) in [7, 11) is 0. The maximum Gasteiger partial charge on any atom is 0.340 e. The van der Waals surface area contributed by atoms with Gasteiger partial charge in [0.1, 0.15) is 11.6 Å². The predicted octanol–water partition coefficient (Wildman–Crippen LogP) is 5.77. The minimum atomic E-state index is -0.573. The number of aromatic nitrogens is 1. The molecule has 1 heterocycles. The third-order valence-electron chi connectivity index (χ3n) is 4.47. The third-order valence-corrected chi connectivity index (χ3v) is 4.97. The molecule has 4 nitrogen and oxygen atoms in total. The third kappa shape index (κ3) is 2.86. The Bertz CT molecular complexity index is 1200. The largest absolute Gasteiger partial charge is 0.507 e. The monoisotopic (exact) mass is 427 g/mol. The van der Waals surface area contributed by atoms with Crippen LogP contribution in [0.1, 0.15) is 17.3 Å². The van der Waals surface area contributed by atoms with Crippen molar-refractivity contribution in [2.24, 2.45) is 0 Å². The number of halogens is 2. The Morgan fingerprint density at radius 1 is 1.15 bits per heavy atom. The Morgan fingerprint density at radius 2 is 1.89 bits per heavy atom. The van der Waals surface area contributed by atoms with Gasteiger partial charge in [-0.2, -0.15) is 0 Å². The zero-order chi connectivity index (χ0) is 19.1. The summed E-state index contributed by atoms with van der Waals surface area (Å²) in [4.78, 5) is 15.9. The van der Waals surface area contributed by atoms with Crippen LogP contribution in [0.25, 0.3) is 32.9 Å². The molecule has 0 unspecified atom stereocenters. The summed E-state index contributed by atoms with van der Waals surface area (Å²) in [6.07, 6.45) is 0. The fourth-order valence-corrected chi connectivity index (χ4v) is 3.65. The van der Waals surface area contributed by atoms with Gasteiger partial charge in [0.05, 0.1) is 23.4 Å². The molecule has 1 aromatic heterocycles. The molecule has 0 aliphatic carbocycles. The number of hydrogen-bond donors (Lipinski definition) is 2. The van der Waals surface area contributed by atoms with Gasteiger partial charge in [-0.15, -0.1) is 0 Å². The van der Waals surface area contributed by atoms with Crippen molar-refractivity contribution in [2.45, 2.75) is 6.92 Å². The summed E-state index contributed by atoms with van der Waals surface area (Å²) in [6, 6.07) is 13.4. The minimum Gasteiger partial charge on any atom is -0.507 e. The number of H-pyrrole nitrogens is 1. The molecule has 4 rings (SSSR count). The fourth-order valence-electron chi connectivity index (χ4n) is 3.32. The lowest BCUT2D eigenvalue weighted by Gasteiger charge is -2.07. The van der Waals surface area contributed by atoms with Gasteiger partial charge < -0.3 is 14.8 Å². The normalized spacial score (nSPS) is 11.2. The molecule has 0 amide bonds. The van der Waals surface area contributed by atoms with Crippen LogP contribution in [0, 0.1) is 5.82 Å². The second kappa shape index (κ2) is 6.70. The van der Waals surface area contributed by atoms with Gasteiger partial charge >= 0.3 is 5.97 Å². The molecule has 0 aliphatic rings. The first-order chi connectivity index (χ1) is 13.0. The fraction of sp³-hybridized carbons (Fsp3) is 0.0952. The first-order valence-electron chi connectivity index (χ1n) is 8.40.